The van der Waals surface area contributed by atoms with E-state index in [1.165, 1.54) is 19.2 Å². The summed E-state index contributed by atoms with van der Waals surface area (Å²) in [6.07, 6.45) is 0. The van der Waals surface area contributed by atoms with Gasteiger partial charge in [-0.15, -0.1) is 0 Å². The van der Waals surface area contributed by atoms with Gasteiger partial charge >= 0.3 is 0 Å². The quantitative estimate of drug-likeness (QED) is 0.618. The van der Waals surface area contributed by atoms with E-state index in [-0.39, 0.29) is 12.3 Å². The van der Waals surface area contributed by atoms with Crippen molar-refractivity contribution in [1.29, 1.82) is 5.26 Å². The lowest BCUT2D eigenvalue weighted by Crippen LogP contribution is -2.06. The summed E-state index contributed by atoms with van der Waals surface area (Å²) in [4.78, 5) is 0. The fourth-order valence-corrected chi connectivity index (χ4v) is 1.10. The van der Waals surface area contributed by atoms with Gasteiger partial charge in [-0.2, -0.15) is 5.26 Å². The molecule has 0 aliphatic rings. The van der Waals surface area contributed by atoms with Gasteiger partial charge in [0.2, 0.25) is 0 Å². The van der Waals surface area contributed by atoms with E-state index >= 15 is 0 Å². The van der Waals surface area contributed by atoms with Gasteiger partial charge in [0.1, 0.15) is 17.6 Å². The number of hydrogen-bond donors (Lipinski definition) is 3. The van der Waals surface area contributed by atoms with Crippen LogP contribution in [0, 0.1) is 11.3 Å². The summed E-state index contributed by atoms with van der Waals surface area (Å²) in [5.41, 5.74) is 2.65. The summed E-state index contributed by atoms with van der Waals surface area (Å²) in [6.45, 7) is 0.0739. The predicted octanol–water partition coefficient (Wildman–Crippen LogP) is 0.751. The van der Waals surface area contributed by atoms with E-state index in [1.54, 1.807) is 0 Å². The van der Waals surface area contributed by atoms with Crippen LogP contribution in [0.2, 0.25) is 0 Å². The van der Waals surface area contributed by atoms with Crippen LogP contribution in [0.25, 0.3) is 0 Å². The summed E-state index contributed by atoms with van der Waals surface area (Å²) in [6, 6.07) is 4.72. The number of methoxy groups -OCH3 is 1. The van der Waals surface area contributed by atoms with Crippen molar-refractivity contribution in [2.45, 2.75) is 6.54 Å². The van der Waals surface area contributed by atoms with Crippen molar-refractivity contribution in [1.82, 2.24) is 5.48 Å². The Morgan fingerprint density at radius 3 is 2.79 bits per heavy atom. The van der Waals surface area contributed by atoms with E-state index in [0.717, 1.165) is 0 Å². The van der Waals surface area contributed by atoms with Gasteiger partial charge in [-0.25, -0.2) is 5.48 Å². The number of nitriles is 1. The van der Waals surface area contributed by atoms with Crippen LogP contribution < -0.4 is 10.2 Å². The largest absolute Gasteiger partial charge is 0.507 e. The molecule has 0 amide bonds. The lowest BCUT2D eigenvalue weighted by Gasteiger charge is -2.07. The maximum Gasteiger partial charge on any atom is 0.140 e. The second-order valence-corrected chi connectivity index (χ2v) is 2.63. The molecular weight excluding hydrogens is 184 g/mol. The molecule has 1 aromatic carbocycles. The van der Waals surface area contributed by atoms with Crippen molar-refractivity contribution < 1.29 is 15.1 Å². The number of ether oxygens (including phenoxy) is 1. The number of hydroxylamine groups is 1. The van der Waals surface area contributed by atoms with E-state index in [2.05, 4.69) is 0 Å². The minimum Gasteiger partial charge on any atom is -0.507 e. The molecule has 0 aromatic heterocycles. The highest BCUT2D eigenvalue weighted by Crippen LogP contribution is 2.27. The first-order valence-corrected chi connectivity index (χ1v) is 3.90. The first kappa shape index (κ1) is 10.3. The van der Waals surface area contributed by atoms with Crippen LogP contribution in [0.15, 0.2) is 12.1 Å². The molecule has 0 radical (unpaired) electrons. The average molecular weight is 194 g/mol. The van der Waals surface area contributed by atoms with Crippen molar-refractivity contribution in [2.75, 3.05) is 7.11 Å². The van der Waals surface area contributed by atoms with Gasteiger partial charge in [0.05, 0.1) is 12.7 Å². The Bertz CT molecular complexity index is 371. The van der Waals surface area contributed by atoms with Crippen molar-refractivity contribution in [3.8, 4) is 17.6 Å². The molecule has 0 spiro atoms. The zero-order valence-electron chi connectivity index (χ0n) is 7.61. The third-order valence-electron chi connectivity index (χ3n) is 1.79. The van der Waals surface area contributed by atoms with Gasteiger partial charge in [0, 0.05) is 18.2 Å². The zero-order valence-corrected chi connectivity index (χ0v) is 7.61. The molecule has 5 heteroatoms. The van der Waals surface area contributed by atoms with Crippen LogP contribution >= 0.6 is 0 Å². The molecule has 14 heavy (non-hydrogen) atoms. The Balaban J connectivity index is 3.18. The molecule has 0 aliphatic heterocycles. The minimum absolute atomic E-state index is 0.0256. The topological polar surface area (TPSA) is 85.5 Å². The number of rotatable bonds is 3. The van der Waals surface area contributed by atoms with E-state index in [1.807, 2.05) is 11.5 Å². The molecule has 5 nitrogen and oxygen atoms in total. The highest BCUT2D eigenvalue weighted by Gasteiger charge is 2.08. The third-order valence-corrected chi connectivity index (χ3v) is 1.79. The SMILES string of the molecule is COc1cc(O)c(CNO)cc1C#N. The highest BCUT2D eigenvalue weighted by molar-refractivity contribution is 5.51. The van der Waals surface area contributed by atoms with Gasteiger partial charge in [-0.05, 0) is 6.07 Å². The number of nitrogens with one attached hydrogen (secondary N) is 1. The molecule has 0 atom stereocenters. The molecule has 0 fully saturated rings. The number of nitrogens with zero attached hydrogens (tertiary/aromatic N) is 1. The smallest absolute Gasteiger partial charge is 0.140 e. The Hall–Kier alpha value is -1.77. The van der Waals surface area contributed by atoms with E-state index in [4.69, 9.17) is 15.2 Å². The maximum atomic E-state index is 9.43. The Kier molecular flexibility index (Phi) is 3.29. The van der Waals surface area contributed by atoms with Crippen LogP contribution in [-0.4, -0.2) is 17.4 Å². The molecule has 1 rings (SSSR count). The molecule has 3 N–H and O–H groups in total. The predicted molar refractivity (Wildman–Crippen MR) is 48.0 cm³/mol. The van der Waals surface area contributed by atoms with Crippen LogP contribution in [0.3, 0.4) is 0 Å². The van der Waals surface area contributed by atoms with Gasteiger partial charge < -0.3 is 15.1 Å². The first-order chi connectivity index (χ1) is 6.72. The molecule has 0 bridgehead atoms. The molecule has 0 unspecified atom stereocenters. The molecule has 0 saturated heterocycles. The van der Waals surface area contributed by atoms with Gasteiger partial charge in [-0.1, -0.05) is 0 Å². The molecule has 0 saturated carbocycles. The van der Waals surface area contributed by atoms with Gasteiger partial charge in [0.15, 0.2) is 0 Å². The normalized spacial score (nSPS) is 9.50. The minimum atomic E-state index is -0.0256. The lowest BCUT2D eigenvalue weighted by molar-refractivity contribution is 0.160. The monoisotopic (exact) mass is 194 g/mol. The molecular formula is C9H10N2O3. The highest BCUT2D eigenvalue weighted by atomic mass is 16.5. The number of phenols is 1. The van der Waals surface area contributed by atoms with Crippen molar-refractivity contribution >= 4 is 0 Å². The number of benzene rings is 1. The number of phenolic OH excluding ortho intramolecular Hbond substituents is 1. The summed E-state index contributed by atoms with van der Waals surface area (Å²) >= 11 is 0. The van der Waals surface area contributed by atoms with Crippen LogP contribution in [0.4, 0.5) is 0 Å². The van der Waals surface area contributed by atoms with Gasteiger partial charge in [0.25, 0.3) is 0 Å². The summed E-state index contributed by atoms with van der Waals surface area (Å²) < 4.78 is 4.88. The number of aromatic hydroxyl groups is 1. The zero-order chi connectivity index (χ0) is 10.6. The van der Waals surface area contributed by atoms with Gasteiger partial charge in [-0.3, -0.25) is 0 Å². The van der Waals surface area contributed by atoms with E-state index < -0.39 is 0 Å². The van der Waals surface area contributed by atoms with E-state index in [0.29, 0.717) is 16.9 Å². The van der Waals surface area contributed by atoms with Crippen molar-refractivity contribution in [3.63, 3.8) is 0 Å². The van der Waals surface area contributed by atoms with Crippen molar-refractivity contribution in [2.24, 2.45) is 0 Å². The summed E-state index contributed by atoms with van der Waals surface area (Å²) in [7, 11) is 1.42. The van der Waals surface area contributed by atoms with Crippen LogP contribution in [0.1, 0.15) is 11.1 Å². The Morgan fingerprint density at radius 2 is 2.29 bits per heavy atom. The second-order valence-electron chi connectivity index (χ2n) is 2.63. The van der Waals surface area contributed by atoms with Crippen molar-refractivity contribution in [3.05, 3.63) is 23.3 Å². The Morgan fingerprint density at radius 1 is 1.57 bits per heavy atom. The van der Waals surface area contributed by atoms with E-state index in [9.17, 15) is 5.11 Å². The molecule has 74 valence electrons. The Labute approximate surface area is 81.1 Å². The second kappa shape index (κ2) is 4.46. The third kappa shape index (κ3) is 1.93. The molecule has 0 aliphatic carbocycles. The fraction of sp³-hybridized carbons (Fsp3) is 0.222. The molecule has 0 heterocycles. The average Bonchev–Trinajstić information content (AvgIpc) is 2.20. The fourth-order valence-electron chi connectivity index (χ4n) is 1.10. The van der Waals surface area contributed by atoms with Crippen LogP contribution in [-0.2, 0) is 6.54 Å². The molecule has 1 aromatic rings. The summed E-state index contributed by atoms with van der Waals surface area (Å²) in [5, 5.41) is 26.6. The maximum absolute atomic E-state index is 9.43. The number of hydrogen-bond acceptors (Lipinski definition) is 5. The summed E-state index contributed by atoms with van der Waals surface area (Å²) in [5.74, 6) is 0.286. The van der Waals surface area contributed by atoms with Crippen LogP contribution in [0.5, 0.6) is 11.5 Å². The standard InChI is InChI=1S/C9H10N2O3/c1-14-9-3-8(12)7(5-11-13)2-6(9)4-10/h2-3,11-13H,5H2,1H3. The lowest BCUT2D eigenvalue weighted by atomic mass is 10.1. The first-order valence-electron chi connectivity index (χ1n) is 3.90.